The lowest BCUT2D eigenvalue weighted by atomic mass is 10.1. The maximum Gasteiger partial charge on any atom is 0.274 e. The zero-order valence-corrected chi connectivity index (χ0v) is 9.68. The Kier molecular flexibility index (Phi) is 2.93. The molecule has 82 valence electrons. The third-order valence-corrected chi connectivity index (χ3v) is 3.06. The summed E-state index contributed by atoms with van der Waals surface area (Å²) in [6, 6.07) is 2.78. The van der Waals surface area contributed by atoms with Crippen LogP contribution in [0.15, 0.2) is 21.6 Å². The summed E-state index contributed by atoms with van der Waals surface area (Å²) < 4.78 is 30.8. The molecule has 1 heterocycles. The number of terminal acetylenes is 1. The molecule has 1 aromatic heterocycles. The van der Waals surface area contributed by atoms with E-state index in [4.69, 9.17) is 10.8 Å². The molecule has 0 aromatic carbocycles. The Morgan fingerprint density at radius 1 is 1.40 bits per heavy atom. The van der Waals surface area contributed by atoms with Gasteiger partial charge in [0, 0.05) is 5.54 Å². The van der Waals surface area contributed by atoms with Crippen molar-refractivity contribution in [2.24, 2.45) is 0 Å². The lowest BCUT2D eigenvalue weighted by Gasteiger charge is -2.18. The highest BCUT2D eigenvalue weighted by molar-refractivity contribution is 7.89. The molecular formula is C10H13NO3S. The van der Waals surface area contributed by atoms with Crippen LogP contribution in [-0.2, 0) is 10.0 Å². The van der Waals surface area contributed by atoms with E-state index in [1.165, 1.54) is 12.1 Å². The average Bonchev–Trinajstić information content (AvgIpc) is 2.47. The molecule has 0 aliphatic carbocycles. The van der Waals surface area contributed by atoms with Crippen molar-refractivity contribution in [2.75, 3.05) is 0 Å². The van der Waals surface area contributed by atoms with Crippen LogP contribution >= 0.6 is 0 Å². The van der Waals surface area contributed by atoms with Gasteiger partial charge in [-0.2, -0.15) is 0 Å². The molecule has 0 aliphatic heterocycles. The molecule has 0 saturated carbocycles. The second-order valence-electron chi connectivity index (χ2n) is 4.12. The first kappa shape index (κ1) is 11.8. The Morgan fingerprint density at radius 3 is 2.40 bits per heavy atom. The Labute approximate surface area is 89.7 Å². The minimum absolute atomic E-state index is 0.162. The Hall–Kier alpha value is -1.25. The fraction of sp³-hybridized carbons (Fsp3) is 0.400. The summed E-state index contributed by atoms with van der Waals surface area (Å²) in [6.45, 7) is 5.24. The van der Waals surface area contributed by atoms with Crippen LogP contribution in [0.1, 0.15) is 26.5 Å². The number of hydrogen-bond donors (Lipinski definition) is 1. The summed E-state index contributed by atoms with van der Waals surface area (Å²) >= 11 is 0. The third-order valence-electron chi connectivity index (χ3n) is 1.43. The molecule has 0 radical (unpaired) electrons. The molecule has 0 unspecified atom stereocenters. The van der Waals surface area contributed by atoms with Crippen molar-refractivity contribution < 1.29 is 12.8 Å². The van der Waals surface area contributed by atoms with E-state index in [0.717, 1.165) is 0 Å². The molecule has 4 nitrogen and oxygen atoms in total. The van der Waals surface area contributed by atoms with Gasteiger partial charge in [0.15, 0.2) is 5.76 Å². The molecule has 0 amide bonds. The highest BCUT2D eigenvalue weighted by atomic mass is 32.2. The number of furan rings is 1. The first-order valence-electron chi connectivity index (χ1n) is 4.35. The van der Waals surface area contributed by atoms with Crippen LogP contribution < -0.4 is 4.72 Å². The first-order valence-corrected chi connectivity index (χ1v) is 5.83. The minimum atomic E-state index is -3.62. The monoisotopic (exact) mass is 227 g/mol. The number of nitrogens with one attached hydrogen (secondary N) is 1. The van der Waals surface area contributed by atoms with Crippen molar-refractivity contribution in [1.82, 2.24) is 4.72 Å². The van der Waals surface area contributed by atoms with Crippen LogP contribution in [0.3, 0.4) is 0 Å². The molecule has 0 bridgehead atoms. The molecular weight excluding hydrogens is 214 g/mol. The quantitative estimate of drug-likeness (QED) is 0.775. The van der Waals surface area contributed by atoms with Crippen molar-refractivity contribution >= 4 is 10.0 Å². The van der Waals surface area contributed by atoms with E-state index in [-0.39, 0.29) is 10.9 Å². The van der Waals surface area contributed by atoms with E-state index in [1.807, 2.05) is 0 Å². The van der Waals surface area contributed by atoms with Gasteiger partial charge in [0.25, 0.3) is 10.0 Å². The van der Waals surface area contributed by atoms with Crippen LogP contribution in [-0.4, -0.2) is 14.0 Å². The van der Waals surface area contributed by atoms with Crippen molar-refractivity contribution in [3.8, 4) is 12.3 Å². The first-order chi connectivity index (χ1) is 6.74. The van der Waals surface area contributed by atoms with Crippen LogP contribution in [0.2, 0.25) is 0 Å². The maximum absolute atomic E-state index is 11.7. The molecule has 0 atom stereocenters. The Morgan fingerprint density at radius 2 is 2.00 bits per heavy atom. The Bertz CT molecular complexity index is 485. The zero-order chi connectivity index (χ0) is 11.7. The van der Waals surface area contributed by atoms with E-state index in [2.05, 4.69) is 10.6 Å². The molecule has 1 N–H and O–H groups in total. The molecule has 1 aromatic rings. The predicted molar refractivity (Wildman–Crippen MR) is 56.7 cm³/mol. The van der Waals surface area contributed by atoms with E-state index in [1.54, 1.807) is 20.8 Å². The van der Waals surface area contributed by atoms with Crippen molar-refractivity contribution in [3.05, 3.63) is 17.9 Å². The van der Waals surface area contributed by atoms with Gasteiger partial charge in [0.05, 0.1) is 0 Å². The van der Waals surface area contributed by atoms with Gasteiger partial charge in [-0.25, -0.2) is 13.1 Å². The van der Waals surface area contributed by atoms with E-state index in [9.17, 15) is 8.42 Å². The largest absolute Gasteiger partial charge is 0.435 e. The van der Waals surface area contributed by atoms with E-state index >= 15 is 0 Å². The van der Waals surface area contributed by atoms with Crippen molar-refractivity contribution in [1.29, 1.82) is 0 Å². The fourth-order valence-corrected chi connectivity index (χ4v) is 2.35. The molecule has 1 rings (SSSR count). The molecule has 0 aliphatic rings. The smallest absolute Gasteiger partial charge is 0.274 e. The summed E-state index contributed by atoms with van der Waals surface area (Å²) in [5.74, 6) is 2.42. The SMILES string of the molecule is C#Cc1ccc(S(=O)(=O)NC(C)(C)C)o1. The molecule has 0 saturated heterocycles. The summed E-state index contributed by atoms with van der Waals surface area (Å²) in [6.07, 6.45) is 5.07. The van der Waals surface area contributed by atoms with Gasteiger partial charge < -0.3 is 4.42 Å². The van der Waals surface area contributed by atoms with Crippen molar-refractivity contribution in [3.63, 3.8) is 0 Å². The highest BCUT2D eigenvalue weighted by Gasteiger charge is 2.24. The van der Waals surface area contributed by atoms with Gasteiger partial charge in [-0.05, 0) is 38.8 Å². The maximum atomic E-state index is 11.7. The van der Waals surface area contributed by atoms with Crippen LogP contribution in [0.4, 0.5) is 0 Å². The third kappa shape index (κ3) is 3.11. The van der Waals surface area contributed by atoms with Crippen molar-refractivity contribution in [2.45, 2.75) is 31.4 Å². The molecule has 0 fully saturated rings. The average molecular weight is 227 g/mol. The molecule has 5 heteroatoms. The van der Waals surface area contributed by atoms with E-state index < -0.39 is 15.6 Å². The second kappa shape index (κ2) is 3.72. The van der Waals surface area contributed by atoms with Gasteiger partial charge >= 0.3 is 0 Å². The minimum Gasteiger partial charge on any atom is -0.435 e. The fourth-order valence-electron chi connectivity index (χ4n) is 0.996. The molecule has 0 spiro atoms. The lowest BCUT2D eigenvalue weighted by Crippen LogP contribution is -2.40. The summed E-state index contributed by atoms with van der Waals surface area (Å²) in [4.78, 5) is 0. The van der Waals surface area contributed by atoms with Gasteiger partial charge in [-0.1, -0.05) is 0 Å². The normalized spacial score (nSPS) is 12.4. The van der Waals surface area contributed by atoms with Crippen LogP contribution in [0.5, 0.6) is 0 Å². The van der Waals surface area contributed by atoms with Gasteiger partial charge in [0.2, 0.25) is 5.09 Å². The standard InChI is InChI=1S/C10H13NO3S/c1-5-8-6-7-9(14-8)15(12,13)11-10(2,3)4/h1,6-7,11H,2-4H3. The van der Waals surface area contributed by atoms with Gasteiger partial charge in [0.1, 0.15) is 0 Å². The highest BCUT2D eigenvalue weighted by Crippen LogP contribution is 2.15. The lowest BCUT2D eigenvalue weighted by molar-refractivity contribution is 0.423. The summed E-state index contributed by atoms with van der Waals surface area (Å²) in [5, 5.41) is -0.162. The topological polar surface area (TPSA) is 59.3 Å². The van der Waals surface area contributed by atoms with E-state index in [0.29, 0.717) is 0 Å². The molecule has 15 heavy (non-hydrogen) atoms. The number of hydrogen-bond acceptors (Lipinski definition) is 3. The zero-order valence-electron chi connectivity index (χ0n) is 8.87. The number of rotatable bonds is 2. The van der Waals surface area contributed by atoms with Gasteiger partial charge in [-0.3, -0.25) is 0 Å². The number of sulfonamides is 1. The summed E-state index contributed by atoms with van der Waals surface area (Å²) in [5.41, 5.74) is -0.554. The summed E-state index contributed by atoms with van der Waals surface area (Å²) in [7, 11) is -3.62. The van der Waals surface area contributed by atoms with Crippen LogP contribution in [0, 0.1) is 12.3 Å². The Balaban J connectivity index is 3.03. The predicted octanol–water partition coefficient (Wildman–Crippen LogP) is 1.34. The second-order valence-corrected chi connectivity index (χ2v) is 5.73. The van der Waals surface area contributed by atoms with Gasteiger partial charge in [-0.15, -0.1) is 6.42 Å². The van der Waals surface area contributed by atoms with Crippen LogP contribution in [0.25, 0.3) is 0 Å².